The number of nitrogen functional groups attached to an aromatic ring is 1. The Morgan fingerprint density at radius 3 is 1.86 bits per heavy atom. The molecule has 3 aromatic carbocycles. The minimum Gasteiger partial charge on any atom is -0.399 e. The number of anilines is 4. The van der Waals surface area contributed by atoms with E-state index < -0.39 is 0 Å². The molecule has 1 heterocycles. The van der Waals surface area contributed by atoms with Crippen molar-refractivity contribution in [1.29, 1.82) is 0 Å². The van der Waals surface area contributed by atoms with Crippen LogP contribution in [-0.2, 0) is 0 Å². The second kappa shape index (κ2) is 5.11. The summed E-state index contributed by atoms with van der Waals surface area (Å²) in [7, 11) is 0. The number of para-hydroxylation sites is 2. The van der Waals surface area contributed by atoms with E-state index in [9.17, 15) is 0 Å². The van der Waals surface area contributed by atoms with Crippen LogP contribution in [0, 0.1) is 0 Å². The van der Waals surface area contributed by atoms with E-state index in [0.717, 1.165) is 22.7 Å². The van der Waals surface area contributed by atoms with Gasteiger partial charge < -0.3 is 16.4 Å². The molecule has 22 heavy (non-hydrogen) atoms. The van der Waals surface area contributed by atoms with Gasteiger partial charge in [-0.1, -0.05) is 36.4 Å². The molecule has 108 valence electrons. The highest BCUT2D eigenvalue weighted by Crippen LogP contribution is 2.41. The van der Waals surface area contributed by atoms with Crippen LogP contribution in [0.3, 0.4) is 0 Å². The zero-order valence-electron chi connectivity index (χ0n) is 12.1. The molecular formula is C19H17N3. The highest BCUT2D eigenvalue weighted by atomic mass is 15.0. The van der Waals surface area contributed by atoms with Crippen molar-refractivity contribution in [3.8, 4) is 0 Å². The molecule has 0 aromatic heterocycles. The standard InChI is InChI=1S/C19H17N3/c20-13-9-11-14(12-10-13)21-19-15-5-1-3-7-17(15)22-18-8-4-2-6-16(18)19/h1-12,19,21-22H,20H2. The van der Waals surface area contributed by atoms with Crippen LogP contribution in [0.2, 0.25) is 0 Å². The molecule has 0 fully saturated rings. The summed E-state index contributed by atoms with van der Waals surface area (Å²) in [4.78, 5) is 0. The molecule has 0 saturated carbocycles. The Balaban J connectivity index is 1.79. The van der Waals surface area contributed by atoms with Crippen molar-refractivity contribution >= 4 is 22.7 Å². The number of hydrogen-bond acceptors (Lipinski definition) is 3. The maximum atomic E-state index is 5.78. The molecule has 1 aliphatic rings. The maximum Gasteiger partial charge on any atom is 0.0807 e. The average Bonchev–Trinajstić information content (AvgIpc) is 2.56. The second-order valence-corrected chi connectivity index (χ2v) is 5.50. The van der Waals surface area contributed by atoms with Crippen LogP contribution in [0.25, 0.3) is 0 Å². The fourth-order valence-electron chi connectivity index (χ4n) is 2.94. The van der Waals surface area contributed by atoms with Gasteiger partial charge in [-0.2, -0.15) is 0 Å². The van der Waals surface area contributed by atoms with Gasteiger partial charge in [0.2, 0.25) is 0 Å². The zero-order chi connectivity index (χ0) is 14.9. The summed E-state index contributed by atoms with van der Waals surface area (Å²) in [6.45, 7) is 0. The highest BCUT2D eigenvalue weighted by molar-refractivity contribution is 5.75. The minimum absolute atomic E-state index is 0.122. The van der Waals surface area contributed by atoms with Crippen LogP contribution in [0.1, 0.15) is 17.2 Å². The van der Waals surface area contributed by atoms with Crippen LogP contribution in [-0.4, -0.2) is 0 Å². The van der Waals surface area contributed by atoms with E-state index >= 15 is 0 Å². The van der Waals surface area contributed by atoms with Crippen molar-refractivity contribution in [3.05, 3.63) is 83.9 Å². The molecule has 0 saturated heterocycles. The predicted octanol–water partition coefficient (Wildman–Crippen LogP) is 4.53. The first-order chi connectivity index (χ1) is 10.8. The van der Waals surface area contributed by atoms with Crippen LogP contribution < -0.4 is 16.4 Å². The van der Waals surface area contributed by atoms with Gasteiger partial charge in [0.15, 0.2) is 0 Å². The Kier molecular flexibility index (Phi) is 2.97. The van der Waals surface area contributed by atoms with E-state index in [1.165, 1.54) is 11.1 Å². The number of hydrogen-bond donors (Lipinski definition) is 3. The summed E-state index contributed by atoms with van der Waals surface area (Å²) in [5.41, 5.74) is 12.4. The molecule has 3 aromatic rings. The van der Waals surface area contributed by atoms with Gasteiger partial charge >= 0.3 is 0 Å². The van der Waals surface area contributed by atoms with Gasteiger partial charge in [0.25, 0.3) is 0 Å². The molecule has 0 atom stereocenters. The lowest BCUT2D eigenvalue weighted by molar-refractivity contribution is 0.929. The Morgan fingerprint density at radius 2 is 1.27 bits per heavy atom. The first kappa shape index (κ1) is 12.8. The van der Waals surface area contributed by atoms with Gasteiger partial charge in [-0.15, -0.1) is 0 Å². The molecule has 3 heteroatoms. The average molecular weight is 287 g/mol. The number of fused-ring (bicyclic) bond motifs is 2. The van der Waals surface area contributed by atoms with Crippen molar-refractivity contribution < 1.29 is 0 Å². The van der Waals surface area contributed by atoms with Gasteiger partial charge in [-0.05, 0) is 36.4 Å². The van der Waals surface area contributed by atoms with Crippen LogP contribution >= 0.6 is 0 Å². The molecule has 0 amide bonds. The Hall–Kier alpha value is -2.94. The van der Waals surface area contributed by atoms with Crippen LogP contribution in [0.5, 0.6) is 0 Å². The smallest absolute Gasteiger partial charge is 0.0807 e. The van der Waals surface area contributed by atoms with Crippen molar-refractivity contribution in [2.24, 2.45) is 0 Å². The molecule has 0 spiro atoms. The van der Waals surface area contributed by atoms with E-state index in [4.69, 9.17) is 5.73 Å². The van der Waals surface area contributed by atoms with Gasteiger partial charge in [0.05, 0.1) is 6.04 Å². The van der Waals surface area contributed by atoms with Gasteiger partial charge in [-0.3, -0.25) is 0 Å². The lowest BCUT2D eigenvalue weighted by Crippen LogP contribution is -2.19. The summed E-state index contributed by atoms with van der Waals surface area (Å²) in [5, 5.41) is 7.13. The summed E-state index contributed by atoms with van der Waals surface area (Å²) in [5.74, 6) is 0. The van der Waals surface area contributed by atoms with Crippen molar-refractivity contribution in [3.63, 3.8) is 0 Å². The van der Waals surface area contributed by atoms with E-state index in [1.807, 2.05) is 24.3 Å². The lowest BCUT2D eigenvalue weighted by Gasteiger charge is -2.30. The van der Waals surface area contributed by atoms with Gasteiger partial charge in [-0.25, -0.2) is 0 Å². The quantitative estimate of drug-likeness (QED) is 0.607. The third-order valence-electron chi connectivity index (χ3n) is 4.03. The fraction of sp³-hybridized carbons (Fsp3) is 0.0526. The summed E-state index contributed by atoms with van der Waals surface area (Å²) in [6.07, 6.45) is 0. The van der Waals surface area contributed by atoms with Crippen molar-refractivity contribution in [2.45, 2.75) is 6.04 Å². The normalized spacial score (nSPS) is 12.9. The molecule has 3 nitrogen and oxygen atoms in total. The van der Waals surface area contributed by atoms with Gasteiger partial charge in [0, 0.05) is 33.9 Å². The number of rotatable bonds is 2. The fourth-order valence-corrected chi connectivity index (χ4v) is 2.94. The zero-order valence-corrected chi connectivity index (χ0v) is 12.1. The highest BCUT2D eigenvalue weighted by Gasteiger charge is 2.24. The lowest BCUT2D eigenvalue weighted by atomic mass is 9.92. The molecule has 0 radical (unpaired) electrons. The molecule has 4 N–H and O–H groups in total. The predicted molar refractivity (Wildman–Crippen MR) is 92.5 cm³/mol. The maximum absolute atomic E-state index is 5.78. The molecule has 0 aliphatic carbocycles. The molecule has 0 unspecified atom stereocenters. The first-order valence-corrected chi connectivity index (χ1v) is 7.38. The van der Waals surface area contributed by atoms with E-state index in [2.05, 4.69) is 59.2 Å². The molecule has 1 aliphatic heterocycles. The second-order valence-electron chi connectivity index (χ2n) is 5.50. The summed E-state index contributed by atoms with van der Waals surface area (Å²) >= 11 is 0. The minimum atomic E-state index is 0.122. The summed E-state index contributed by atoms with van der Waals surface area (Å²) < 4.78 is 0. The Morgan fingerprint density at radius 1 is 0.727 bits per heavy atom. The molecular weight excluding hydrogens is 270 g/mol. The number of benzene rings is 3. The van der Waals surface area contributed by atoms with Gasteiger partial charge in [0.1, 0.15) is 0 Å². The SMILES string of the molecule is Nc1ccc(NC2c3ccccc3Nc3ccccc32)cc1. The Labute approximate surface area is 129 Å². The van der Waals surface area contributed by atoms with Crippen LogP contribution in [0.15, 0.2) is 72.8 Å². The topological polar surface area (TPSA) is 50.1 Å². The largest absolute Gasteiger partial charge is 0.399 e. The number of nitrogens with one attached hydrogen (secondary N) is 2. The van der Waals surface area contributed by atoms with Crippen LogP contribution in [0.4, 0.5) is 22.7 Å². The van der Waals surface area contributed by atoms with Crippen molar-refractivity contribution in [2.75, 3.05) is 16.4 Å². The van der Waals surface area contributed by atoms with Crippen molar-refractivity contribution in [1.82, 2.24) is 0 Å². The van der Waals surface area contributed by atoms with E-state index in [1.54, 1.807) is 0 Å². The third-order valence-corrected chi connectivity index (χ3v) is 4.03. The van der Waals surface area contributed by atoms with E-state index in [-0.39, 0.29) is 6.04 Å². The number of nitrogens with two attached hydrogens (primary N) is 1. The van der Waals surface area contributed by atoms with E-state index in [0.29, 0.717) is 0 Å². The first-order valence-electron chi connectivity index (χ1n) is 7.38. The molecule has 0 bridgehead atoms. The monoisotopic (exact) mass is 287 g/mol. The Bertz CT molecular complexity index is 763. The third kappa shape index (κ3) is 2.17. The summed E-state index contributed by atoms with van der Waals surface area (Å²) in [6, 6.07) is 24.8. The molecule has 4 rings (SSSR count).